The highest BCUT2D eigenvalue weighted by Crippen LogP contribution is 2.42. The van der Waals surface area contributed by atoms with E-state index in [4.69, 9.17) is 60.8 Å². The second-order valence-corrected chi connectivity index (χ2v) is 26.3. The maximum Gasteiger partial charge on any atom is 0.494 e. The van der Waals surface area contributed by atoms with Crippen molar-refractivity contribution < 1.29 is 9.31 Å². The third-order valence-electron chi connectivity index (χ3n) is 17.0. The Morgan fingerprint density at radius 3 is 0.906 bits per heavy atom. The number of benzene rings is 10. The molecule has 16 heteroatoms. The minimum Gasteiger partial charge on any atom is -0.399 e. The van der Waals surface area contributed by atoms with Gasteiger partial charge in [0, 0.05) is 70.2 Å². The highest BCUT2D eigenvalue weighted by Gasteiger charge is 2.51. The number of hydrogen-bond donors (Lipinski definition) is 0. The first kappa shape index (κ1) is 61.3. The summed E-state index contributed by atoms with van der Waals surface area (Å²) in [5.74, 6) is 4.50. The fraction of sp³-hybridized carbons (Fsp3) is 0.0750. The number of aromatic nitrogens is 10. The van der Waals surface area contributed by atoms with Crippen LogP contribution in [0.5, 0.6) is 0 Å². The van der Waals surface area contributed by atoms with Gasteiger partial charge in [0.25, 0.3) is 0 Å². The SMILES string of the molecule is CC1(C)OB(c2ccccc2)OC1(C)C.Clc1nc(-c2ccc(-c3nc(-c4ccccc4)nc(-c4ccccc4)n3)cc2)c2sc3ccccc3c2n1.c1ccc(-c2nc(-c3ccccc3)nc(-c3ccc(-c4nc(-c5ccccc5)nc5c4sc4ccccc45)cc3)n2)cc1. The summed E-state index contributed by atoms with van der Waals surface area (Å²) in [5.41, 5.74) is 12.7. The van der Waals surface area contributed by atoms with Crippen LogP contribution in [0.25, 0.3) is 143 Å². The Morgan fingerprint density at radius 2 is 0.552 bits per heavy atom. The normalized spacial score (nSPS) is 13.1. The van der Waals surface area contributed by atoms with Crippen molar-refractivity contribution in [1.29, 1.82) is 0 Å². The van der Waals surface area contributed by atoms with Crippen LogP contribution >= 0.6 is 34.3 Å². The van der Waals surface area contributed by atoms with Gasteiger partial charge in [-0.15, -0.1) is 22.7 Å². The van der Waals surface area contributed by atoms with Crippen LogP contribution < -0.4 is 5.46 Å². The van der Waals surface area contributed by atoms with Crippen molar-refractivity contribution in [3.8, 4) is 102 Å². The topological polar surface area (TPSA) is 147 Å². The zero-order valence-electron chi connectivity index (χ0n) is 52.6. The van der Waals surface area contributed by atoms with E-state index >= 15 is 0 Å². The molecule has 0 saturated carbocycles. The minimum absolute atomic E-state index is 0.234. The van der Waals surface area contributed by atoms with Gasteiger partial charge in [0.1, 0.15) is 0 Å². The molecule has 0 bridgehead atoms. The molecule has 0 atom stereocenters. The first-order valence-corrected chi connectivity index (χ1v) is 33.4. The van der Waals surface area contributed by atoms with Gasteiger partial charge in [-0.3, -0.25) is 0 Å². The second-order valence-electron chi connectivity index (χ2n) is 23.9. The molecule has 6 aromatic heterocycles. The monoisotopic (exact) mass is 1300 g/mol. The zero-order chi connectivity index (χ0) is 65.2. The summed E-state index contributed by atoms with van der Waals surface area (Å²) >= 11 is 9.77. The fourth-order valence-electron chi connectivity index (χ4n) is 11.3. The summed E-state index contributed by atoms with van der Waals surface area (Å²) < 4.78 is 16.3. The minimum atomic E-state index is -0.256. The smallest absolute Gasteiger partial charge is 0.399 e. The van der Waals surface area contributed by atoms with E-state index < -0.39 is 0 Å². The van der Waals surface area contributed by atoms with E-state index in [1.807, 2.05) is 206 Å². The molecule has 0 spiro atoms. The first-order valence-electron chi connectivity index (χ1n) is 31.4. The average molecular weight is 1300 g/mol. The van der Waals surface area contributed by atoms with Crippen molar-refractivity contribution in [1.82, 2.24) is 49.8 Å². The molecular formula is C80H58BClN10O2S2. The van der Waals surface area contributed by atoms with E-state index in [1.165, 1.54) is 4.70 Å². The lowest BCUT2D eigenvalue weighted by atomic mass is 9.79. The van der Waals surface area contributed by atoms with Crippen molar-refractivity contribution in [2.75, 3.05) is 0 Å². The molecule has 12 nitrogen and oxygen atoms in total. The van der Waals surface area contributed by atoms with Gasteiger partial charge in [-0.05, 0) is 56.9 Å². The predicted octanol–water partition coefficient (Wildman–Crippen LogP) is 19.7. The molecule has 0 radical (unpaired) electrons. The molecular weight excluding hydrogens is 1240 g/mol. The summed E-state index contributed by atoms with van der Waals surface area (Å²) in [6.45, 7) is 8.26. The van der Waals surface area contributed by atoms with Crippen LogP contribution in [0.3, 0.4) is 0 Å². The van der Waals surface area contributed by atoms with E-state index in [1.54, 1.807) is 22.7 Å². The molecule has 96 heavy (non-hydrogen) atoms. The number of thiophene rings is 2. The molecule has 10 aromatic carbocycles. The molecule has 0 N–H and O–H groups in total. The van der Waals surface area contributed by atoms with Crippen LogP contribution in [-0.2, 0) is 9.31 Å². The summed E-state index contributed by atoms with van der Waals surface area (Å²) in [4.78, 5) is 48.3. The van der Waals surface area contributed by atoms with E-state index in [0.717, 1.165) is 103 Å². The fourth-order valence-corrected chi connectivity index (χ4v) is 13.8. The molecule has 1 fully saturated rings. The van der Waals surface area contributed by atoms with Crippen LogP contribution in [0.15, 0.2) is 279 Å². The van der Waals surface area contributed by atoms with Crippen molar-refractivity contribution in [3.63, 3.8) is 0 Å². The average Bonchev–Trinajstić information content (AvgIpc) is 1.59. The van der Waals surface area contributed by atoms with Crippen molar-refractivity contribution in [2.24, 2.45) is 0 Å². The lowest BCUT2D eigenvalue weighted by Gasteiger charge is -2.32. The Hall–Kier alpha value is -10.9. The zero-order valence-corrected chi connectivity index (χ0v) is 55.0. The Kier molecular flexibility index (Phi) is 16.9. The molecule has 1 aliphatic rings. The van der Waals surface area contributed by atoms with Gasteiger partial charge < -0.3 is 9.31 Å². The van der Waals surface area contributed by atoms with Crippen LogP contribution in [0.1, 0.15) is 27.7 Å². The van der Waals surface area contributed by atoms with E-state index in [9.17, 15) is 0 Å². The van der Waals surface area contributed by atoms with Crippen LogP contribution in [-0.4, -0.2) is 68.2 Å². The van der Waals surface area contributed by atoms with Gasteiger partial charge in [-0.2, -0.15) is 0 Å². The van der Waals surface area contributed by atoms with Gasteiger partial charge in [0.05, 0.1) is 43.0 Å². The number of hydrogen-bond acceptors (Lipinski definition) is 14. The number of nitrogens with zero attached hydrogens (tertiary/aromatic N) is 10. The lowest BCUT2D eigenvalue weighted by Crippen LogP contribution is -2.41. The predicted molar refractivity (Wildman–Crippen MR) is 393 cm³/mol. The summed E-state index contributed by atoms with van der Waals surface area (Å²) in [6, 6.07) is 93.2. The van der Waals surface area contributed by atoms with Crippen LogP contribution in [0.4, 0.5) is 0 Å². The van der Waals surface area contributed by atoms with Gasteiger partial charge in [0.2, 0.25) is 5.28 Å². The summed E-state index contributed by atoms with van der Waals surface area (Å²) in [5, 5.41) is 2.46. The standard InChI is InChI=1S/C37H23N5S.C31H18ClN5S.C12H17BO2/c1-4-12-25(13-5-1)34-38-31(33-32(39-34)29-18-10-11-19-30(29)43-33)24-20-22-28(23-21-24)37-41-35(26-14-6-2-7-15-26)40-36(42-37)27-16-8-3-9-17-27;32-31-33-25(27-26(34-31)23-13-7-8-14-24(23)38-27)19-15-17-22(18-16-19)30-36-28(20-9-3-1-4-10-20)35-29(37-30)21-11-5-2-6-12-21;1-11(2)12(3,4)15-13(14-11)10-8-6-5-7-9-10/h1-23H;1-18H;5-9H,1-4H3. The highest BCUT2D eigenvalue weighted by molar-refractivity contribution is 7.26. The molecule has 1 aliphatic heterocycles. The number of halogens is 1. The maximum atomic E-state index is 6.36. The Labute approximate surface area is 568 Å². The van der Waals surface area contributed by atoms with Crippen molar-refractivity contribution in [2.45, 2.75) is 38.9 Å². The Morgan fingerprint density at radius 1 is 0.281 bits per heavy atom. The van der Waals surface area contributed by atoms with Crippen LogP contribution in [0.2, 0.25) is 5.28 Å². The molecule has 0 unspecified atom stereocenters. The number of fused-ring (bicyclic) bond motifs is 6. The van der Waals surface area contributed by atoms with Gasteiger partial charge in [-0.25, -0.2) is 49.8 Å². The largest absolute Gasteiger partial charge is 0.494 e. The molecule has 1 saturated heterocycles. The third kappa shape index (κ3) is 12.7. The molecule has 0 amide bonds. The van der Waals surface area contributed by atoms with Gasteiger partial charge in [0.15, 0.2) is 40.8 Å². The Balaban J connectivity index is 0.000000131. The lowest BCUT2D eigenvalue weighted by molar-refractivity contribution is 0.00578. The second kappa shape index (κ2) is 26.5. The molecule has 7 heterocycles. The molecule has 16 aromatic rings. The highest BCUT2D eigenvalue weighted by atomic mass is 35.5. The Bertz CT molecular complexity index is 5300. The molecule has 462 valence electrons. The summed E-state index contributed by atoms with van der Waals surface area (Å²) in [7, 11) is -0.240. The molecule has 0 aliphatic carbocycles. The van der Waals surface area contributed by atoms with Gasteiger partial charge in [-0.1, -0.05) is 267 Å². The third-order valence-corrected chi connectivity index (χ3v) is 19.5. The van der Waals surface area contributed by atoms with E-state index in [0.29, 0.717) is 40.8 Å². The quantitative estimate of drug-likeness (QED) is 0.0948. The van der Waals surface area contributed by atoms with E-state index in [-0.39, 0.29) is 23.6 Å². The van der Waals surface area contributed by atoms with Crippen molar-refractivity contribution in [3.05, 3.63) is 284 Å². The number of rotatable bonds is 10. The van der Waals surface area contributed by atoms with E-state index in [2.05, 4.69) is 110 Å². The van der Waals surface area contributed by atoms with Crippen molar-refractivity contribution >= 4 is 87.5 Å². The summed E-state index contributed by atoms with van der Waals surface area (Å²) in [6.07, 6.45) is 0. The van der Waals surface area contributed by atoms with Gasteiger partial charge >= 0.3 is 7.12 Å². The van der Waals surface area contributed by atoms with Crippen LogP contribution in [0, 0.1) is 0 Å². The first-order chi connectivity index (χ1) is 46.9. The molecule has 17 rings (SSSR count). The maximum absolute atomic E-state index is 6.36.